The van der Waals surface area contributed by atoms with Crippen LogP contribution in [-0.2, 0) is 0 Å². The smallest absolute Gasteiger partial charge is 0.143 e. The van der Waals surface area contributed by atoms with Gasteiger partial charge >= 0.3 is 0 Å². The summed E-state index contributed by atoms with van der Waals surface area (Å²) >= 11 is 5.61. The van der Waals surface area contributed by atoms with E-state index in [4.69, 9.17) is 17.3 Å². The summed E-state index contributed by atoms with van der Waals surface area (Å²) in [7, 11) is 0. The van der Waals surface area contributed by atoms with Crippen LogP contribution in [0.25, 0.3) is 5.69 Å². The molecule has 16 heavy (non-hydrogen) atoms. The average molecular weight is 240 g/mol. The first-order valence-corrected chi connectivity index (χ1v) is 5.15. The molecular formula is C11H11ClFN3. The van der Waals surface area contributed by atoms with E-state index in [0.717, 1.165) is 11.3 Å². The maximum absolute atomic E-state index is 13.3. The highest BCUT2D eigenvalue weighted by Gasteiger charge is 2.11. The quantitative estimate of drug-likeness (QED) is 0.832. The van der Waals surface area contributed by atoms with Gasteiger partial charge in [0.25, 0.3) is 0 Å². The summed E-state index contributed by atoms with van der Waals surface area (Å²) in [6.45, 7) is 3.73. The zero-order valence-corrected chi connectivity index (χ0v) is 9.72. The summed E-state index contributed by atoms with van der Waals surface area (Å²) in [6, 6.07) is 4.47. The molecule has 0 aliphatic rings. The number of aryl methyl sites for hydroxylation is 1. The molecule has 0 spiro atoms. The molecule has 0 aliphatic carbocycles. The molecule has 0 atom stereocenters. The van der Waals surface area contributed by atoms with Crippen LogP contribution in [0.3, 0.4) is 0 Å². The van der Waals surface area contributed by atoms with Gasteiger partial charge in [-0.05, 0) is 26.0 Å². The van der Waals surface area contributed by atoms with E-state index >= 15 is 0 Å². The first-order chi connectivity index (χ1) is 7.50. The van der Waals surface area contributed by atoms with Crippen molar-refractivity contribution in [3.63, 3.8) is 0 Å². The Hall–Kier alpha value is -1.55. The predicted molar refractivity (Wildman–Crippen MR) is 62.4 cm³/mol. The number of nitrogens with zero attached hydrogens (tertiary/aromatic N) is 2. The first kappa shape index (κ1) is 11.0. The second kappa shape index (κ2) is 3.79. The maximum atomic E-state index is 13.3. The molecule has 2 aromatic rings. The minimum atomic E-state index is -0.482. The standard InChI is InChI=1S/C11H11ClFN3/c1-6-7(2)15-16(11(6)14)8-3-4-9(12)10(13)5-8/h3-5H,14H2,1-2H3. The van der Waals surface area contributed by atoms with Crippen LogP contribution in [-0.4, -0.2) is 9.78 Å². The third kappa shape index (κ3) is 1.65. The fourth-order valence-corrected chi connectivity index (χ4v) is 1.55. The van der Waals surface area contributed by atoms with Gasteiger partial charge in [-0.3, -0.25) is 0 Å². The SMILES string of the molecule is Cc1nn(-c2ccc(Cl)c(F)c2)c(N)c1C. The van der Waals surface area contributed by atoms with Crippen LogP contribution in [0.15, 0.2) is 18.2 Å². The number of anilines is 1. The molecule has 2 N–H and O–H groups in total. The van der Waals surface area contributed by atoms with Crippen molar-refractivity contribution < 1.29 is 4.39 Å². The molecule has 0 saturated carbocycles. The second-order valence-corrected chi connectivity index (χ2v) is 4.01. The van der Waals surface area contributed by atoms with Gasteiger partial charge in [-0.25, -0.2) is 9.07 Å². The lowest BCUT2D eigenvalue weighted by Gasteiger charge is -2.04. The van der Waals surface area contributed by atoms with Crippen molar-refractivity contribution in [2.24, 2.45) is 0 Å². The molecule has 2 rings (SSSR count). The van der Waals surface area contributed by atoms with Gasteiger partial charge in [0, 0.05) is 11.6 Å². The Labute approximate surface area is 97.6 Å². The molecule has 3 nitrogen and oxygen atoms in total. The Bertz CT molecular complexity index is 548. The molecule has 1 aromatic carbocycles. The predicted octanol–water partition coefficient (Wildman–Crippen LogP) is 2.86. The number of nitrogens with two attached hydrogens (primary N) is 1. The van der Waals surface area contributed by atoms with E-state index in [1.165, 1.54) is 16.8 Å². The highest BCUT2D eigenvalue weighted by Crippen LogP contribution is 2.22. The third-order valence-electron chi connectivity index (χ3n) is 2.55. The van der Waals surface area contributed by atoms with Crippen LogP contribution in [0.1, 0.15) is 11.3 Å². The molecule has 0 bridgehead atoms. The molecule has 0 aliphatic heterocycles. The van der Waals surface area contributed by atoms with Gasteiger partial charge in [-0.1, -0.05) is 11.6 Å². The van der Waals surface area contributed by atoms with Gasteiger partial charge in [0.1, 0.15) is 11.6 Å². The van der Waals surface area contributed by atoms with E-state index in [1.807, 2.05) is 13.8 Å². The van der Waals surface area contributed by atoms with E-state index in [2.05, 4.69) is 5.10 Å². The number of aromatic nitrogens is 2. The molecule has 1 aromatic heterocycles. The zero-order valence-electron chi connectivity index (χ0n) is 8.96. The molecule has 1 heterocycles. The van der Waals surface area contributed by atoms with Crippen molar-refractivity contribution in [2.75, 3.05) is 5.73 Å². The van der Waals surface area contributed by atoms with E-state index < -0.39 is 5.82 Å². The Kier molecular flexibility index (Phi) is 2.59. The summed E-state index contributed by atoms with van der Waals surface area (Å²) in [5.41, 5.74) is 8.16. The summed E-state index contributed by atoms with van der Waals surface area (Å²) in [5.74, 6) is 0.0311. The number of hydrogen-bond acceptors (Lipinski definition) is 2. The highest BCUT2D eigenvalue weighted by atomic mass is 35.5. The summed E-state index contributed by atoms with van der Waals surface area (Å²) in [4.78, 5) is 0. The number of benzene rings is 1. The van der Waals surface area contributed by atoms with Crippen molar-refractivity contribution in [3.05, 3.63) is 40.3 Å². The van der Waals surface area contributed by atoms with Gasteiger partial charge in [0.15, 0.2) is 0 Å². The van der Waals surface area contributed by atoms with E-state index in [0.29, 0.717) is 11.5 Å². The minimum absolute atomic E-state index is 0.0860. The monoisotopic (exact) mass is 239 g/mol. The van der Waals surface area contributed by atoms with Crippen LogP contribution < -0.4 is 5.73 Å². The number of hydrogen-bond donors (Lipinski definition) is 1. The molecule has 0 fully saturated rings. The van der Waals surface area contributed by atoms with Crippen LogP contribution in [0, 0.1) is 19.7 Å². The first-order valence-electron chi connectivity index (χ1n) is 4.78. The van der Waals surface area contributed by atoms with Gasteiger partial charge in [0.05, 0.1) is 16.4 Å². The summed E-state index contributed by atoms with van der Waals surface area (Å²) < 4.78 is 14.8. The third-order valence-corrected chi connectivity index (χ3v) is 2.86. The fraction of sp³-hybridized carbons (Fsp3) is 0.182. The van der Waals surface area contributed by atoms with E-state index in [1.54, 1.807) is 6.07 Å². The number of nitrogen functional groups attached to an aromatic ring is 1. The Morgan fingerprint density at radius 1 is 1.38 bits per heavy atom. The second-order valence-electron chi connectivity index (χ2n) is 3.61. The molecular weight excluding hydrogens is 229 g/mol. The topological polar surface area (TPSA) is 43.8 Å². The Balaban J connectivity index is 2.59. The van der Waals surface area contributed by atoms with Gasteiger partial charge in [-0.15, -0.1) is 0 Å². The lowest BCUT2D eigenvalue weighted by Crippen LogP contribution is -2.02. The van der Waals surface area contributed by atoms with Crippen molar-refractivity contribution >= 4 is 17.4 Å². The minimum Gasteiger partial charge on any atom is -0.383 e. The van der Waals surface area contributed by atoms with E-state index in [-0.39, 0.29) is 5.02 Å². The Morgan fingerprint density at radius 3 is 2.56 bits per heavy atom. The normalized spacial score (nSPS) is 10.8. The van der Waals surface area contributed by atoms with Gasteiger partial charge in [0.2, 0.25) is 0 Å². The molecule has 0 amide bonds. The van der Waals surface area contributed by atoms with Crippen molar-refractivity contribution in [1.82, 2.24) is 9.78 Å². The maximum Gasteiger partial charge on any atom is 0.143 e. The lowest BCUT2D eigenvalue weighted by atomic mass is 10.3. The number of rotatable bonds is 1. The molecule has 84 valence electrons. The summed E-state index contributed by atoms with van der Waals surface area (Å²) in [6.07, 6.45) is 0. The van der Waals surface area contributed by atoms with Crippen LogP contribution >= 0.6 is 11.6 Å². The highest BCUT2D eigenvalue weighted by molar-refractivity contribution is 6.30. The van der Waals surface area contributed by atoms with E-state index in [9.17, 15) is 4.39 Å². The molecule has 0 saturated heterocycles. The van der Waals surface area contributed by atoms with Gasteiger partial charge in [-0.2, -0.15) is 5.10 Å². The van der Waals surface area contributed by atoms with Crippen molar-refractivity contribution in [3.8, 4) is 5.69 Å². The molecule has 0 unspecified atom stereocenters. The zero-order chi connectivity index (χ0) is 11.9. The fourth-order valence-electron chi connectivity index (χ4n) is 1.44. The summed E-state index contributed by atoms with van der Waals surface area (Å²) in [5, 5.41) is 4.32. The van der Waals surface area contributed by atoms with Crippen molar-refractivity contribution in [1.29, 1.82) is 0 Å². The van der Waals surface area contributed by atoms with Crippen LogP contribution in [0.2, 0.25) is 5.02 Å². The van der Waals surface area contributed by atoms with Crippen molar-refractivity contribution in [2.45, 2.75) is 13.8 Å². The molecule has 0 radical (unpaired) electrons. The largest absolute Gasteiger partial charge is 0.383 e. The van der Waals surface area contributed by atoms with Gasteiger partial charge < -0.3 is 5.73 Å². The lowest BCUT2D eigenvalue weighted by molar-refractivity contribution is 0.626. The molecule has 5 heteroatoms. The number of halogens is 2. The average Bonchev–Trinajstić information content (AvgIpc) is 2.50. The van der Waals surface area contributed by atoms with Crippen LogP contribution in [0.4, 0.5) is 10.2 Å². The Morgan fingerprint density at radius 2 is 2.06 bits per heavy atom. The van der Waals surface area contributed by atoms with Crippen LogP contribution in [0.5, 0.6) is 0 Å².